The first-order valence-corrected chi connectivity index (χ1v) is 4.89. The van der Waals surface area contributed by atoms with Gasteiger partial charge in [0.05, 0.1) is 6.20 Å². The zero-order valence-electron chi connectivity index (χ0n) is 8.12. The Kier molecular flexibility index (Phi) is 2.60. The Hall–Kier alpha value is -1.55. The Bertz CT molecular complexity index is 548. The van der Waals surface area contributed by atoms with Crippen LogP contribution in [0.15, 0.2) is 30.5 Å². The topological polar surface area (TPSA) is 28.7 Å². The molecule has 0 aliphatic rings. The Morgan fingerprint density at radius 2 is 2.13 bits per heavy atom. The van der Waals surface area contributed by atoms with Crippen molar-refractivity contribution < 1.29 is 4.39 Å². The van der Waals surface area contributed by atoms with Crippen LogP contribution in [-0.2, 0) is 0 Å². The van der Waals surface area contributed by atoms with Crippen molar-refractivity contribution in [3.63, 3.8) is 0 Å². The lowest BCUT2D eigenvalue weighted by molar-refractivity contribution is 0.628. The smallest absolute Gasteiger partial charge is 0.123 e. The standard InChI is InChI=1S/C11H9FN2S/c1-7-2-3-9(12)5-10(7)8-4-11(15)14-13-6-8/h2-6H,1H3,(H,14,15). The van der Waals surface area contributed by atoms with Crippen molar-refractivity contribution in [2.24, 2.45) is 0 Å². The first kappa shape index (κ1) is 9.98. The van der Waals surface area contributed by atoms with Crippen LogP contribution in [0.4, 0.5) is 4.39 Å². The lowest BCUT2D eigenvalue weighted by Gasteiger charge is -2.04. The average Bonchev–Trinajstić information content (AvgIpc) is 2.22. The van der Waals surface area contributed by atoms with E-state index in [0.717, 1.165) is 16.7 Å². The number of nitrogens with zero attached hydrogens (tertiary/aromatic N) is 1. The van der Waals surface area contributed by atoms with Gasteiger partial charge < -0.3 is 0 Å². The molecule has 1 heterocycles. The molecule has 0 aliphatic heterocycles. The number of hydrogen-bond donors (Lipinski definition) is 1. The molecule has 0 aliphatic carbocycles. The maximum Gasteiger partial charge on any atom is 0.123 e. The fourth-order valence-corrected chi connectivity index (χ4v) is 1.61. The summed E-state index contributed by atoms with van der Waals surface area (Å²) < 4.78 is 13.6. The Morgan fingerprint density at radius 1 is 1.33 bits per heavy atom. The normalized spacial score (nSPS) is 10.3. The zero-order valence-corrected chi connectivity index (χ0v) is 8.94. The number of H-pyrrole nitrogens is 1. The number of nitrogens with one attached hydrogen (secondary N) is 1. The van der Waals surface area contributed by atoms with Gasteiger partial charge in [-0.3, -0.25) is 5.10 Å². The molecule has 0 saturated heterocycles. The van der Waals surface area contributed by atoms with Crippen LogP contribution in [0, 0.1) is 17.4 Å². The molecule has 1 aromatic carbocycles. The van der Waals surface area contributed by atoms with Gasteiger partial charge in [0.2, 0.25) is 0 Å². The van der Waals surface area contributed by atoms with Gasteiger partial charge in [0.1, 0.15) is 10.5 Å². The largest absolute Gasteiger partial charge is 0.268 e. The number of hydrogen-bond acceptors (Lipinski definition) is 2. The number of halogens is 1. The minimum atomic E-state index is -0.255. The highest BCUT2D eigenvalue weighted by molar-refractivity contribution is 7.71. The van der Waals surface area contributed by atoms with Gasteiger partial charge in [0, 0.05) is 5.56 Å². The predicted octanol–water partition coefficient (Wildman–Crippen LogP) is 3.25. The molecule has 0 atom stereocenters. The Balaban J connectivity index is 2.63. The molecule has 0 spiro atoms. The van der Waals surface area contributed by atoms with Crippen LogP contribution >= 0.6 is 12.2 Å². The molecular formula is C11H9FN2S. The average molecular weight is 220 g/mol. The first-order valence-electron chi connectivity index (χ1n) is 4.48. The minimum absolute atomic E-state index is 0.255. The van der Waals surface area contributed by atoms with E-state index in [1.807, 2.05) is 6.92 Å². The minimum Gasteiger partial charge on any atom is -0.268 e. The molecule has 0 radical (unpaired) electrons. The Labute approximate surface area is 91.8 Å². The third-order valence-electron chi connectivity index (χ3n) is 2.18. The van der Waals surface area contributed by atoms with Crippen molar-refractivity contribution in [3.8, 4) is 11.1 Å². The molecule has 2 rings (SSSR count). The van der Waals surface area contributed by atoms with Gasteiger partial charge in [-0.25, -0.2) is 4.39 Å². The third kappa shape index (κ3) is 2.10. The number of aromatic nitrogens is 2. The highest BCUT2D eigenvalue weighted by atomic mass is 32.1. The van der Waals surface area contributed by atoms with Crippen molar-refractivity contribution in [2.75, 3.05) is 0 Å². The summed E-state index contributed by atoms with van der Waals surface area (Å²) in [5.74, 6) is -0.255. The highest BCUT2D eigenvalue weighted by Crippen LogP contribution is 2.22. The number of aromatic amines is 1. The van der Waals surface area contributed by atoms with Crippen LogP contribution in [0.25, 0.3) is 11.1 Å². The van der Waals surface area contributed by atoms with Crippen LogP contribution < -0.4 is 0 Å². The lowest BCUT2D eigenvalue weighted by atomic mass is 10.0. The quantitative estimate of drug-likeness (QED) is 0.747. The molecule has 1 aromatic heterocycles. The van der Waals surface area contributed by atoms with E-state index >= 15 is 0 Å². The van der Waals surface area contributed by atoms with Gasteiger partial charge in [0.25, 0.3) is 0 Å². The molecular weight excluding hydrogens is 211 g/mol. The molecule has 0 bridgehead atoms. The summed E-state index contributed by atoms with van der Waals surface area (Å²) in [5, 5.41) is 6.53. The predicted molar refractivity (Wildman–Crippen MR) is 59.6 cm³/mol. The van der Waals surface area contributed by atoms with Crippen molar-refractivity contribution in [1.82, 2.24) is 10.2 Å². The summed E-state index contributed by atoms with van der Waals surface area (Å²) in [6, 6.07) is 6.44. The molecule has 15 heavy (non-hydrogen) atoms. The van der Waals surface area contributed by atoms with E-state index in [1.54, 1.807) is 18.3 Å². The molecule has 0 saturated carbocycles. The van der Waals surface area contributed by atoms with E-state index in [2.05, 4.69) is 10.2 Å². The summed E-state index contributed by atoms with van der Waals surface area (Å²) in [5.41, 5.74) is 2.65. The SMILES string of the molecule is Cc1ccc(F)cc1-c1cn[nH]c(=S)c1. The Morgan fingerprint density at radius 3 is 2.87 bits per heavy atom. The van der Waals surface area contributed by atoms with E-state index in [9.17, 15) is 4.39 Å². The second-order valence-corrected chi connectivity index (χ2v) is 3.73. The van der Waals surface area contributed by atoms with Crippen molar-refractivity contribution in [1.29, 1.82) is 0 Å². The van der Waals surface area contributed by atoms with E-state index in [1.165, 1.54) is 12.1 Å². The molecule has 76 valence electrons. The summed E-state index contributed by atoms with van der Waals surface area (Å²) in [7, 11) is 0. The van der Waals surface area contributed by atoms with Crippen LogP contribution in [0.2, 0.25) is 0 Å². The van der Waals surface area contributed by atoms with Gasteiger partial charge in [-0.05, 0) is 36.2 Å². The maximum atomic E-state index is 13.1. The second-order valence-electron chi connectivity index (χ2n) is 3.29. The molecule has 4 heteroatoms. The molecule has 2 aromatic rings. The summed E-state index contributed by atoms with van der Waals surface area (Å²) in [6.07, 6.45) is 1.64. The number of rotatable bonds is 1. The van der Waals surface area contributed by atoms with Crippen molar-refractivity contribution in [2.45, 2.75) is 6.92 Å². The first-order chi connectivity index (χ1) is 7.16. The van der Waals surface area contributed by atoms with E-state index < -0.39 is 0 Å². The van der Waals surface area contributed by atoms with Gasteiger partial charge in [-0.15, -0.1) is 0 Å². The number of benzene rings is 1. The lowest BCUT2D eigenvalue weighted by Crippen LogP contribution is -1.88. The summed E-state index contributed by atoms with van der Waals surface area (Å²) >= 11 is 4.96. The zero-order chi connectivity index (χ0) is 10.8. The molecule has 1 N–H and O–H groups in total. The van der Waals surface area contributed by atoms with Gasteiger partial charge >= 0.3 is 0 Å². The van der Waals surface area contributed by atoms with E-state index in [4.69, 9.17) is 12.2 Å². The second kappa shape index (κ2) is 3.90. The summed E-state index contributed by atoms with van der Waals surface area (Å²) in [6.45, 7) is 1.93. The fourth-order valence-electron chi connectivity index (χ4n) is 1.43. The van der Waals surface area contributed by atoms with Crippen LogP contribution in [0.3, 0.4) is 0 Å². The van der Waals surface area contributed by atoms with Crippen molar-refractivity contribution >= 4 is 12.2 Å². The van der Waals surface area contributed by atoms with Gasteiger partial charge in [-0.1, -0.05) is 18.3 Å². The summed E-state index contributed by atoms with van der Waals surface area (Å²) in [4.78, 5) is 0. The van der Waals surface area contributed by atoms with Gasteiger partial charge in [-0.2, -0.15) is 5.10 Å². The molecule has 0 unspecified atom stereocenters. The van der Waals surface area contributed by atoms with Crippen LogP contribution in [0.1, 0.15) is 5.56 Å². The maximum absolute atomic E-state index is 13.1. The van der Waals surface area contributed by atoms with Gasteiger partial charge in [0.15, 0.2) is 0 Å². The monoisotopic (exact) mass is 220 g/mol. The number of aryl methyl sites for hydroxylation is 1. The van der Waals surface area contributed by atoms with E-state index in [-0.39, 0.29) is 5.82 Å². The van der Waals surface area contributed by atoms with Crippen LogP contribution in [-0.4, -0.2) is 10.2 Å². The van der Waals surface area contributed by atoms with E-state index in [0.29, 0.717) is 4.64 Å². The van der Waals surface area contributed by atoms with Crippen LogP contribution in [0.5, 0.6) is 0 Å². The molecule has 0 amide bonds. The molecule has 0 fully saturated rings. The highest BCUT2D eigenvalue weighted by Gasteiger charge is 2.03. The fraction of sp³-hybridized carbons (Fsp3) is 0.0909. The third-order valence-corrected chi connectivity index (χ3v) is 2.38. The molecule has 2 nitrogen and oxygen atoms in total. The van der Waals surface area contributed by atoms with Crippen molar-refractivity contribution in [3.05, 3.63) is 46.5 Å².